The van der Waals surface area contributed by atoms with E-state index >= 15 is 0 Å². The van der Waals surface area contributed by atoms with Crippen LogP contribution in [0.1, 0.15) is 26.7 Å². The first-order chi connectivity index (χ1) is 11.6. The van der Waals surface area contributed by atoms with Gasteiger partial charge in [0.15, 0.2) is 5.96 Å². The maximum Gasteiger partial charge on any atom is 0.191 e. The van der Waals surface area contributed by atoms with E-state index in [4.69, 9.17) is 4.99 Å². The van der Waals surface area contributed by atoms with Crippen molar-refractivity contribution in [1.29, 1.82) is 0 Å². The van der Waals surface area contributed by atoms with E-state index in [2.05, 4.69) is 53.3 Å². The summed E-state index contributed by atoms with van der Waals surface area (Å²) in [5.41, 5.74) is 0. The largest absolute Gasteiger partial charge is 0.357 e. The lowest BCUT2D eigenvalue weighted by Gasteiger charge is -2.37. The van der Waals surface area contributed by atoms with Crippen LogP contribution in [0.3, 0.4) is 0 Å². The first kappa shape index (κ1) is 21.2. The van der Waals surface area contributed by atoms with Crippen LogP contribution in [0.4, 0.5) is 0 Å². The third-order valence-corrected chi connectivity index (χ3v) is 5.81. The van der Waals surface area contributed by atoms with Gasteiger partial charge in [0, 0.05) is 57.4 Å². The predicted octanol–water partition coefficient (Wildman–Crippen LogP) is 0.888. The van der Waals surface area contributed by atoms with Gasteiger partial charge in [-0.05, 0) is 39.8 Å². The van der Waals surface area contributed by atoms with Gasteiger partial charge in [-0.2, -0.15) is 0 Å². The average Bonchev–Trinajstić information content (AvgIpc) is 3.33. The molecule has 2 aliphatic heterocycles. The fourth-order valence-electron chi connectivity index (χ4n) is 3.92. The summed E-state index contributed by atoms with van der Waals surface area (Å²) in [7, 11) is 4.43. The predicted molar refractivity (Wildman–Crippen MR) is 116 cm³/mol. The Morgan fingerprint density at radius 2 is 1.88 bits per heavy atom. The van der Waals surface area contributed by atoms with E-state index in [0.717, 1.165) is 44.7 Å². The summed E-state index contributed by atoms with van der Waals surface area (Å²) in [5, 5.41) is 7.15. The Balaban J connectivity index is 0.00000225. The molecule has 3 atom stereocenters. The highest BCUT2D eigenvalue weighted by molar-refractivity contribution is 14.0. The van der Waals surface area contributed by atoms with Gasteiger partial charge in [-0.1, -0.05) is 6.92 Å². The Hall–Kier alpha value is -0.120. The summed E-state index contributed by atoms with van der Waals surface area (Å²) in [6.07, 6.45) is 2.80. The van der Waals surface area contributed by atoms with Gasteiger partial charge in [-0.25, -0.2) is 0 Å². The van der Waals surface area contributed by atoms with Gasteiger partial charge in [0.25, 0.3) is 0 Å². The Kier molecular flexibility index (Phi) is 8.23. The van der Waals surface area contributed by atoms with Crippen molar-refractivity contribution in [3.63, 3.8) is 0 Å². The zero-order valence-corrected chi connectivity index (χ0v) is 18.7. The minimum absolute atomic E-state index is 0. The van der Waals surface area contributed by atoms with Crippen LogP contribution in [0.25, 0.3) is 0 Å². The third kappa shape index (κ3) is 5.94. The molecule has 3 unspecified atom stereocenters. The second-order valence-electron chi connectivity index (χ2n) is 8.03. The molecule has 3 aliphatic rings. The molecule has 2 saturated heterocycles. The molecular weight excluding hydrogens is 427 g/mol. The zero-order valence-electron chi connectivity index (χ0n) is 16.4. The smallest absolute Gasteiger partial charge is 0.191 e. The van der Waals surface area contributed by atoms with Gasteiger partial charge in [0.2, 0.25) is 0 Å². The van der Waals surface area contributed by atoms with Crippen LogP contribution in [-0.4, -0.2) is 98.7 Å². The quantitative estimate of drug-likeness (QED) is 0.360. The van der Waals surface area contributed by atoms with Crippen molar-refractivity contribution >= 4 is 29.9 Å². The molecule has 1 aliphatic carbocycles. The van der Waals surface area contributed by atoms with Crippen LogP contribution in [0.15, 0.2) is 4.99 Å². The van der Waals surface area contributed by atoms with Crippen molar-refractivity contribution in [2.75, 3.05) is 59.9 Å². The molecule has 0 aromatic carbocycles. The fraction of sp³-hybridized carbons (Fsp3) is 0.944. The molecule has 146 valence electrons. The lowest BCUT2D eigenvalue weighted by atomic mass is 10.1. The Bertz CT molecular complexity index is 441. The summed E-state index contributed by atoms with van der Waals surface area (Å²) in [4.78, 5) is 12.4. The van der Waals surface area contributed by atoms with Gasteiger partial charge in [-0.15, -0.1) is 24.0 Å². The van der Waals surface area contributed by atoms with E-state index in [1.54, 1.807) is 0 Å². The minimum atomic E-state index is 0. The monoisotopic (exact) mass is 464 g/mol. The number of rotatable bonds is 5. The van der Waals surface area contributed by atoms with E-state index < -0.39 is 0 Å². The minimum Gasteiger partial charge on any atom is -0.357 e. The van der Waals surface area contributed by atoms with E-state index in [1.165, 1.54) is 25.9 Å². The molecule has 2 heterocycles. The van der Waals surface area contributed by atoms with Gasteiger partial charge in [0.1, 0.15) is 0 Å². The van der Waals surface area contributed by atoms with Gasteiger partial charge in [0.05, 0.1) is 6.54 Å². The highest BCUT2D eigenvalue weighted by Gasteiger charge is 2.38. The molecule has 0 aromatic heterocycles. The van der Waals surface area contributed by atoms with Crippen LogP contribution in [0, 0.1) is 5.92 Å². The SMILES string of the molecule is CCNC(=NCC1CN(C)CCN1C)NC1CN(C2CC2)CC1C.I. The van der Waals surface area contributed by atoms with E-state index in [0.29, 0.717) is 18.0 Å². The third-order valence-electron chi connectivity index (χ3n) is 5.81. The number of likely N-dealkylation sites (tertiary alicyclic amines) is 1. The van der Waals surface area contributed by atoms with Crippen molar-refractivity contribution < 1.29 is 0 Å². The summed E-state index contributed by atoms with van der Waals surface area (Å²) < 4.78 is 0. The lowest BCUT2D eigenvalue weighted by molar-refractivity contribution is 0.119. The first-order valence-electron chi connectivity index (χ1n) is 9.74. The second kappa shape index (κ2) is 9.71. The summed E-state index contributed by atoms with van der Waals surface area (Å²) in [5.74, 6) is 1.69. The standard InChI is InChI=1S/C18H36N6.HI/c1-5-19-18(20-10-16-12-22(3)8-9-23(16)4)21-17-13-24(11-14(17)2)15-6-7-15;/h14-17H,5-13H2,1-4H3,(H2,19,20,21);1H. The van der Waals surface area contributed by atoms with Crippen LogP contribution < -0.4 is 10.6 Å². The normalized spacial score (nSPS) is 32.5. The molecule has 7 heteroatoms. The molecule has 0 amide bonds. The number of aliphatic imine (C=N–C) groups is 1. The number of piperazine rings is 1. The van der Waals surface area contributed by atoms with Crippen LogP contribution in [0.5, 0.6) is 0 Å². The second-order valence-corrected chi connectivity index (χ2v) is 8.03. The molecule has 0 bridgehead atoms. The van der Waals surface area contributed by atoms with Crippen molar-refractivity contribution in [1.82, 2.24) is 25.3 Å². The van der Waals surface area contributed by atoms with E-state index in [-0.39, 0.29) is 24.0 Å². The number of likely N-dealkylation sites (N-methyl/N-ethyl adjacent to an activating group) is 2. The van der Waals surface area contributed by atoms with Gasteiger partial charge >= 0.3 is 0 Å². The molecule has 3 fully saturated rings. The molecule has 0 radical (unpaired) electrons. The molecule has 0 spiro atoms. The van der Waals surface area contributed by atoms with Gasteiger partial charge in [-0.3, -0.25) is 14.8 Å². The fourth-order valence-corrected chi connectivity index (χ4v) is 3.92. The van der Waals surface area contributed by atoms with Crippen LogP contribution >= 0.6 is 24.0 Å². The zero-order chi connectivity index (χ0) is 17.1. The number of nitrogens with zero attached hydrogens (tertiary/aromatic N) is 4. The molecule has 6 nitrogen and oxygen atoms in total. The maximum atomic E-state index is 4.91. The number of hydrogen-bond acceptors (Lipinski definition) is 4. The number of guanidine groups is 1. The Morgan fingerprint density at radius 3 is 2.56 bits per heavy atom. The summed E-state index contributed by atoms with van der Waals surface area (Å²) in [6.45, 7) is 12.1. The Morgan fingerprint density at radius 1 is 1.12 bits per heavy atom. The van der Waals surface area contributed by atoms with Crippen molar-refractivity contribution in [3.8, 4) is 0 Å². The topological polar surface area (TPSA) is 46.1 Å². The average molecular weight is 464 g/mol. The molecule has 1 saturated carbocycles. The summed E-state index contributed by atoms with van der Waals surface area (Å²) in [6, 6.07) is 1.91. The van der Waals surface area contributed by atoms with Crippen molar-refractivity contribution in [3.05, 3.63) is 0 Å². The summed E-state index contributed by atoms with van der Waals surface area (Å²) >= 11 is 0. The van der Waals surface area contributed by atoms with Gasteiger partial charge < -0.3 is 15.5 Å². The van der Waals surface area contributed by atoms with Crippen LogP contribution in [0.2, 0.25) is 0 Å². The lowest BCUT2D eigenvalue weighted by Crippen LogP contribution is -2.52. The van der Waals surface area contributed by atoms with E-state index in [1.807, 2.05) is 0 Å². The molecule has 2 N–H and O–H groups in total. The van der Waals surface area contributed by atoms with Crippen molar-refractivity contribution in [2.45, 2.75) is 44.8 Å². The van der Waals surface area contributed by atoms with Crippen LogP contribution in [-0.2, 0) is 0 Å². The molecule has 3 rings (SSSR count). The number of hydrogen-bond donors (Lipinski definition) is 2. The number of nitrogens with one attached hydrogen (secondary N) is 2. The van der Waals surface area contributed by atoms with E-state index in [9.17, 15) is 0 Å². The molecule has 25 heavy (non-hydrogen) atoms. The highest BCUT2D eigenvalue weighted by atomic mass is 127. The highest BCUT2D eigenvalue weighted by Crippen LogP contribution is 2.31. The Labute approximate surface area is 170 Å². The molecule has 0 aromatic rings. The van der Waals surface area contributed by atoms with Crippen molar-refractivity contribution in [2.24, 2.45) is 10.9 Å². The maximum absolute atomic E-state index is 4.91. The number of halogens is 1. The molecular formula is C18H37IN6. The first-order valence-corrected chi connectivity index (χ1v) is 9.74.